The second-order valence-corrected chi connectivity index (χ2v) is 11.8. The van der Waals surface area contributed by atoms with Gasteiger partial charge in [-0.05, 0) is 70.4 Å². The third-order valence-corrected chi connectivity index (χ3v) is 7.52. The predicted octanol–water partition coefficient (Wildman–Crippen LogP) is 8.13. The van der Waals surface area contributed by atoms with Crippen LogP contribution in [-0.2, 0) is 9.53 Å². The minimum Gasteiger partial charge on any atom is -0.479 e. The maximum atomic E-state index is 12.5. The Morgan fingerprint density at radius 2 is 1.95 bits per heavy atom. The number of thiazole rings is 1. The summed E-state index contributed by atoms with van der Waals surface area (Å²) in [6, 6.07) is 9.48. The van der Waals surface area contributed by atoms with E-state index in [1.54, 1.807) is 11.3 Å². The van der Waals surface area contributed by atoms with Crippen LogP contribution in [0.5, 0.6) is 0 Å². The van der Waals surface area contributed by atoms with Gasteiger partial charge < -0.3 is 14.7 Å². The van der Waals surface area contributed by atoms with E-state index in [2.05, 4.69) is 36.6 Å². The zero-order valence-corrected chi connectivity index (χ0v) is 23.5. The number of carboxylic acid groups (broad SMARTS) is 1. The molecule has 1 aliphatic heterocycles. The zero-order chi connectivity index (χ0) is 26.9. The van der Waals surface area contributed by atoms with E-state index in [0.717, 1.165) is 57.1 Å². The second-order valence-electron chi connectivity index (χ2n) is 10.4. The molecule has 0 radical (unpaired) electrons. The van der Waals surface area contributed by atoms with Crippen molar-refractivity contribution in [3.05, 3.63) is 82.4 Å². The summed E-state index contributed by atoms with van der Waals surface area (Å²) in [5, 5.41) is 11.8. The number of rotatable bonds is 5. The fourth-order valence-corrected chi connectivity index (χ4v) is 5.80. The van der Waals surface area contributed by atoms with Crippen LogP contribution in [0.4, 0.5) is 5.13 Å². The predicted molar refractivity (Wildman–Crippen MR) is 155 cm³/mol. The quantitative estimate of drug-likeness (QED) is 0.356. The van der Waals surface area contributed by atoms with Crippen molar-refractivity contribution in [3.8, 4) is 11.1 Å². The number of ether oxygens (including phenoxy) is 1. The van der Waals surface area contributed by atoms with Crippen LogP contribution in [0.1, 0.15) is 51.3 Å². The molecule has 0 spiro atoms. The summed E-state index contributed by atoms with van der Waals surface area (Å²) in [5.74, 6) is -1.02. The molecule has 0 saturated heterocycles. The van der Waals surface area contributed by atoms with Crippen LogP contribution in [0.3, 0.4) is 0 Å². The lowest BCUT2D eigenvalue weighted by Gasteiger charge is -2.28. The average molecular weight is 537 g/mol. The highest BCUT2D eigenvalue weighted by atomic mass is 35.5. The van der Waals surface area contributed by atoms with E-state index in [0.29, 0.717) is 10.6 Å². The molecule has 1 atom stereocenters. The Labute approximate surface area is 227 Å². The Morgan fingerprint density at radius 3 is 2.59 bits per heavy atom. The number of aliphatic carboxylic acids is 1. The molecule has 0 fully saturated rings. The zero-order valence-electron chi connectivity index (χ0n) is 22.0. The second kappa shape index (κ2) is 10.8. The molecule has 1 aromatic heterocycles. The fourth-order valence-electron chi connectivity index (χ4n) is 4.51. The average Bonchev–Trinajstić information content (AvgIpc) is 3.24. The summed E-state index contributed by atoms with van der Waals surface area (Å²) in [4.78, 5) is 19.8. The molecule has 4 rings (SSSR count). The maximum Gasteiger partial charge on any atom is 0.337 e. The van der Waals surface area contributed by atoms with Gasteiger partial charge in [0.1, 0.15) is 0 Å². The summed E-state index contributed by atoms with van der Waals surface area (Å²) >= 11 is 7.78. The number of halogens is 1. The molecule has 0 aliphatic carbocycles. The minimum atomic E-state index is -1.13. The molecule has 0 amide bonds. The Morgan fingerprint density at radius 1 is 1.24 bits per heavy atom. The lowest BCUT2D eigenvalue weighted by Crippen LogP contribution is -2.28. The Bertz CT molecular complexity index is 1400. The third-order valence-electron chi connectivity index (χ3n) is 6.12. The number of carbonyl (C=O) groups is 1. The van der Waals surface area contributed by atoms with Crippen molar-refractivity contribution in [1.82, 2.24) is 4.98 Å². The normalized spacial score (nSPS) is 18.1. The van der Waals surface area contributed by atoms with Crippen molar-refractivity contribution in [1.29, 1.82) is 0 Å². The monoisotopic (exact) mass is 536 g/mol. The van der Waals surface area contributed by atoms with Crippen molar-refractivity contribution in [2.75, 3.05) is 18.0 Å². The van der Waals surface area contributed by atoms with E-state index in [4.69, 9.17) is 21.3 Å². The number of anilines is 1. The van der Waals surface area contributed by atoms with Gasteiger partial charge >= 0.3 is 5.97 Å². The largest absolute Gasteiger partial charge is 0.479 e. The molecule has 0 saturated carbocycles. The van der Waals surface area contributed by atoms with Crippen LogP contribution >= 0.6 is 22.9 Å². The molecule has 0 bridgehead atoms. The van der Waals surface area contributed by atoms with Crippen molar-refractivity contribution < 1.29 is 14.6 Å². The Balaban J connectivity index is 1.92. The minimum absolute atomic E-state index is 0.618. The van der Waals surface area contributed by atoms with Crippen molar-refractivity contribution in [2.45, 2.75) is 52.7 Å². The SMILES string of the molecule is C=C1/C=C(C)\C=C/CN(c2nc3cc(C)c([C@H](OC(C)(C)C)C(=O)O)c(-c4ccc(Cl)cc4)c3s2)CC1. The van der Waals surface area contributed by atoms with Crippen LogP contribution in [0.2, 0.25) is 5.02 Å². The lowest BCUT2D eigenvalue weighted by atomic mass is 9.91. The molecule has 1 aliphatic rings. The van der Waals surface area contributed by atoms with Gasteiger partial charge in [-0.2, -0.15) is 0 Å². The highest BCUT2D eigenvalue weighted by Crippen LogP contribution is 2.44. The summed E-state index contributed by atoms with van der Waals surface area (Å²) in [6.07, 6.45) is 6.08. The molecule has 7 heteroatoms. The van der Waals surface area contributed by atoms with E-state index in [1.165, 1.54) is 5.57 Å². The van der Waals surface area contributed by atoms with Crippen molar-refractivity contribution in [2.24, 2.45) is 0 Å². The van der Waals surface area contributed by atoms with Gasteiger partial charge in [0.2, 0.25) is 0 Å². The van der Waals surface area contributed by atoms with Gasteiger partial charge in [-0.3, -0.25) is 0 Å². The first-order valence-electron chi connectivity index (χ1n) is 12.3. The standard InChI is InChI=1S/C30H33ClN2O3S/c1-18-8-7-14-33(15-13-19(2)16-18)29-32-23-17-20(3)24(26(28(34)35)36-30(4,5)6)25(27(23)37-29)21-9-11-22(31)12-10-21/h7-12,16-17,26H,2,13-15H2,1,3-6H3,(H,34,35)/b8-7-,18-16-/t26-/m0/s1. The van der Waals surface area contributed by atoms with Crippen LogP contribution in [-0.4, -0.2) is 34.8 Å². The summed E-state index contributed by atoms with van der Waals surface area (Å²) in [5.41, 5.74) is 5.62. The number of fused-ring (bicyclic) bond motifs is 1. The van der Waals surface area contributed by atoms with E-state index in [-0.39, 0.29) is 0 Å². The first kappa shape index (κ1) is 27.1. The van der Waals surface area contributed by atoms with E-state index in [9.17, 15) is 9.90 Å². The topological polar surface area (TPSA) is 62.7 Å². The number of hydrogen-bond donors (Lipinski definition) is 1. The Kier molecular flexibility index (Phi) is 7.93. The molecule has 37 heavy (non-hydrogen) atoms. The molecular formula is C30H33ClN2O3S. The molecule has 2 aromatic carbocycles. The lowest BCUT2D eigenvalue weighted by molar-refractivity contribution is -0.160. The van der Waals surface area contributed by atoms with E-state index < -0.39 is 17.7 Å². The van der Waals surface area contributed by atoms with Gasteiger partial charge in [-0.15, -0.1) is 0 Å². The van der Waals surface area contributed by atoms with Crippen molar-refractivity contribution >= 4 is 44.3 Å². The number of aryl methyl sites for hydroxylation is 1. The molecule has 0 unspecified atom stereocenters. The summed E-state index contributed by atoms with van der Waals surface area (Å²) < 4.78 is 7.04. The fraction of sp³-hybridized carbons (Fsp3) is 0.333. The van der Waals surface area contributed by atoms with E-state index >= 15 is 0 Å². The molecule has 194 valence electrons. The number of aromatic nitrogens is 1. The smallest absolute Gasteiger partial charge is 0.337 e. The van der Waals surface area contributed by atoms with Crippen LogP contribution in [0, 0.1) is 6.92 Å². The van der Waals surface area contributed by atoms with Crippen LogP contribution in [0.15, 0.2) is 66.3 Å². The first-order chi connectivity index (χ1) is 17.4. The maximum absolute atomic E-state index is 12.5. The van der Waals surface area contributed by atoms with Gasteiger partial charge in [-0.25, -0.2) is 9.78 Å². The van der Waals surface area contributed by atoms with E-state index in [1.807, 2.05) is 58.0 Å². The summed E-state index contributed by atoms with van der Waals surface area (Å²) in [6.45, 7) is 15.3. The number of allylic oxidation sites excluding steroid dienone is 3. The summed E-state index contributed by atoms with van der Waals surface area (Å²) in [7, 11) is 0. The van der Waals surface area contributed by atoms with Gasteiger partial charge in [0, 0.05) is 29.2 Å². The third kappa shape index (κ3) is 6.32. The first-order valence-corrected chi connectivity index (χ1v) is 13.5. The molecule has 5 nitrogen and oxygen atoms in total. The van der Waals surface area contributed by atoms with Gasteiger partial charge in [-0.1, -0.05) is 71.0 Å². The number of carboxylic acids is 1. The van der Waals surface area contributed by atoms with Gasteiger partial charge in [0.15, 0.2) is 11.2 Å². The van der Waals surface area contributed by atoms with Crippen molar-refractivity contribution in [3.63, 3.8) is 0 Å². The number of benzene rings is 2. The molecule has 1 N–H and O–H groups in total. The highest BCUT2D eigenvalue weighted by Gasteiger charge is 2.32. The number of hydrogen-bond acceptors (Lipinski definition) is 5. The molecule has 3 aromatic rings. The van der Waals surface area contributed by atoms with Gasteiger partial charge in [0.05, 0.1) is 15.8 Å². The number of nitrogens with zero attached hydrogens (tertiary/aromatic N) is 2. The Hall–Kier alpha value is -2.93. The molecule has 2 heterocycles. The van der Waals surface area contributed by atoms with Crippen LogP contribution in [0.25, 0.3) is 21.3 Å². The van der Waals surface area contributed by atoms with Crippen LogP contribution < -0.4 is 4.90 Å². The molecular weight excluding hydrogens is 504 g/mol. The highest BCUT2D eigenvalue weighted by molar-refractivity contribution is 7.22. The van der Waals surface area contributed by atoms with Gasteiger partial charge in [0.25, 0.3) is 0 Å².